The van der Waals surface area contributed by atoms with Crippen LogP contribution in [0, 0.1) is 5.92 Å². The largest absolute Gasteiger partial charge is 0.328 e. The highest BCUT2D eigenvalue weighted by Gasteiger charge is 2.32. The van der Waals surface area contributed by atoms with Crippen molar-refractivity contribution in [1.82, 2.24) is 15.6 Å². The van der Waals surface area contributed by atoms with Crippen LogP contribution in [-0.2, 0) is 14.9 Å². The molecule has 3 N–H and O–H groups in total. The van der Waals surface area contributed by atoms with E-state index >= 15 is 0 Å². The zero-order valence-electron chi connectivity index (χ0n) is 15.7. The number of carbonyl (C=O) groups is 2. The van der Waals surface area contributed by atoms with E-state index in [1.165, 1.54) is 4.90 Å². The minimum atomic E-state index is -4.10. The molecular formula is C19H22N4O5S. The Kier molecular flexibility index (Phi) is 5.24. The highest BCUT2D eigenvalue weighted by molar-refractivity contribution is 7.85. The number of aromatic nitrogens is 1. The van der Waals surface area contributed by atoms with Crippen LogP contribution in [0.3, 0.4) is 0 Å². The van der Waals surface area contributed by atoms with Crippen LogP contribution in [0.15, 0.2) is 30.6 Å². The molecule has 0 radical (unpaired) electrons. The molecule has 2 saturated heterocycles. The van der Waals surface area contributed by atoms with E-state index in [0.717, 1.165) is 29.3 Å². The van der Waals surface area contributed by atoms with Crippen LogP contribution in [0.1, 0.15) is 24.3 Å². The first-order valence-corrected chi connectivity index (χ1v) is 11.1. The molecule has 3 amide bonds. The summed E-state index contributed by atoms with van der Waals surface area (Å²) in [6.45, 7) is 1.51. The molecular weight excluding hydrogens is 396 g/mol. The molecule has 0 bridgehead atoms. The van der Waals surface area contributed by atoms with Gasteiger partial charge in [0.1, 0.15) is 0 Å². The molecule has 2 aliphatic rings. The van der Waals surface area contributed by atoms with E-state index in [0.29, 0.717) is 12.2 Å². The van der Waals surface area contributed by atoms with Crippen molar-refractivity contribution in [2.75, 3.05) is 30.3 Å². The summed E-state index contributed by atoms with van der Waals surface area (Å²) in [5.74, 6) is -0.965. The van der Waals surface area contributed by atoms with E-state index in [2.05, 4.69) is 15.6 Å². The summed E-state index contributed by atoms with van der Waals surface area (Å²) in [6, 6.07) is 5.23. The Balaban J connectivity index is 1.76. The van der Waals surface area contributed by atoms with Crippen molar-refractivity contribution in [2.45, 2.75) is 18.8 Å². The van der Waals surface area contributed by atoms with Crippen molar-refractivity contribution in [3.8, 4) is 0 Å². The first kappa shape index (κ1) is 19.7. The van der Waals surface area contributed by atoms with Crippen LogP contribution in [0.4, 0.5) is 10.5 Å². The highest BCUT2D eigenvalue weighted by atomic mass is 32.2. The minimum absolute atomic E-state index is 0.0734. The number of amides is 3. The quantitative estimate of drug-likeness (QED) is 0.638. The predicted octanol–water partition coefficient (Wildman–Crippen LogP) is 1.26. The lowest BCUT2D eigenvalue weighted by molar-refractivity contribution is -0.120. The first-order chi connectivity index (χ1) is 13.8. The van der Waals surface area contributed by atoms with Crippen LogP contribution < -0.4 is 15.5 Å². The van der Waals surface area contributed by atoms with Gasteiger partial charge in [0.2, 0.25) is 5.91 Å². The molecule has 4 rings (SSSR count). The monoisotopic (exact) mass is 418 g/mol. The third-order valence-electron chi connectivity index (χ3n) is 5.59. The fourth-order valence-corrected chi connectivity index (χ4v) is 5.20. The molecule has 2 fully saturated rings. The van der Waals surface area contributed by atoms with E-state index in [9.17, 15) is 22.6 Å². The fraction of sp³-hybridized carbons (Fsp3) is 0.421. The number of benzene rings is 1. The van der Waals surface area contributed by atoms with Gasteiger partial charge in [-0.25, -0.2) is 4.79 Å². The third kappa shape index (κ3) is 4.09. The summed E-state index contributed by atoms with van der Waals surface area (Å²) in [7, 11) is -4.10. The Morgan fingerprint density at radius 1 is 1.21 bits per heavy atom. The zero-order chi connectivity index (χ0) is 20.6. The number of carbonyl (C=O) groups excluding carboxylic acids is 2. The maximum Gasteiger partial charge on any atom is 0.328 e. The lowest BCUT2D eigenvalue weighted by Crippen LogP contribution is -2.49. The fourth-order valence-electron chi connectivity index (χ4n) is 4.31. The molecule has 0 spiro atoms. The van der Waals surface area contributed by atoms with Crippen molar-refractivity contribution in [2.24, 2.45) is 5.92 Å². The van der Waals surface area contributed by atoms with Gasteiger partial charge < -0.3 is 5.32 Å². The molecule has 3 heterocycles. The average molecular weight is 418 g/mol. The highest BCUT2D eigenvalue weighted by Crippen LogP contribution is 2.38. The number of imide groups is 1. The molecule has 2 atom stereocenters. The zero-order valence-corrected chi connectivity index (χ0v) is 16.5. The van der Waals surface area contributed by atoms with Crippen molar-refractivity contribution < 1.29 is 22.6 Å². The lowest BCUT2D eigenvalue weighted by Gasteiger charge is -2.33. The molecule has 9 nitrogen and oxygen atoms in total. The van der Waals surface area contributed by atoms with Crippen molar-refractivity contribution in [3.05, 3.63) is 36.2 Å². The maximum absolute atomic E-state index is 12.3. The van der Waals surface area contributed by atoms with E-state index in [1.54, 1.807) is 12.4 Å². The molecule has 0 aliphatic carbocycles. The second-order valence-electron chi connectivity index (χ2n) is 7.46. The van der Waals surface area contributed by atoms with Crippen LogP contribution >= 0.6 is 0 Å². The van der Waals surface area contributed by atoms with Crippen LogP contribution in [0.2, 0.25) is 0 Å². The smallest absolute Gasteiger partial charge is 0.316 e. The van der Waals surface area contributed by atoms with Crippen molar-refractivity contribution in [3.63, 3.8) is 0 Å². The minimum Gasteiger partial charge on any atom is -0.316 e. The van der Waals surface area contributed by atoms with Crippen LogP contribution in [0.5, 0.6) is 0 Å². The number of hydrogen-bond donors (Lipinski definition) is 3. The predicted molar refractivity (Wildman–Crippen MR) is 107 cm³/mol. The summed E-state index contributed by atoms with van der Waals surface area (Å²) in [5.41, 5.74) is 1.55. The number of fused-ring (bicyclic) bond motifs is 1. The van der Waals surface area contributed by atoms with Gasteiger partial charge in [0.05, 0.1) is 17.6 Å². The Labute approximate surface area is 168 Å². The molecule has 10 heteroatoms. The SMILES string of the molecule is O=C1CCN(c2cncc3c(C4CCNCC4CS(=O)(=O)O)cccc23)C(=O)N1. The van der Waals surface area contributed by atoms with Gasteiger partial charge in [0.15, 0.2) is 0 Å². The number of piperidine rings is 1. The number of rotatable bonds is 4. The number of hydrogen-bond acceptors (Lipinski definition) is 6. The van der Waals surface area contributed by atoms with Gasteiger partial charge in [-0.05, 0) is 36.9 Å². The van der Waals surface area contributed by atoms with Gasteiger partial charge in [-0.1, -0.05) is 18.2 Å². The number of nitrogens with zero attached hydrogens (tertiary/aromatic N) is 2. The molecule has 1 aromatic heterocycles. The molecule has 29 heavy (non-hydrogen) atoms. The lowest BCUT2D eigenvalue weighted by atomic mass is 9.80. The van der Waals surface area contributed by atoms with Gasteiger partial charge in [-0.2, -0.15) is 8.42 Å². The average Bonchev–Trinajstić information content (AvgIpc) is 2.67. The summed E-state index contributed by atoms with van der Waals surface area (Å²) in [4.78, 5) is 29.6. The normalized spacial score (nSPS) is 23.3. The van der Waals surface area contributed by atoms with Gasteiger partial charge in [0.25, 0.3) is 10.1 Å². The van der Waals surface area contributed by atoms with Gasteiger partial charge in [0, 0.05) is 29.9 Å². The van der Waals surface area contributed by atoms with Crippen molar-refractivity contribution >= 4 is 38.5 Å². The summed E-state index contributed by atoms with van der Waals surface area (Å²) >= 11 is 0. The van der Waals surface area contributed by atoms with Crippen LogP contribution in [0.25, 0.3) is 10.8 Å². The van der Waals surface area contributed by atoms with E-state index in [-0.39, 0.29) is 36.5 Å². The summed E-state index contributed by atoms with van der Waals surface area (Å²) in [6.07, 6.45) is 4.25. The molecule has 2 unspecified atom stereocenters. The second-order valence-corrected chi connectivity index (χ2v) is 8.96. The van der Waals surface area contributed by atoms with E-state index in [4.69, 9.17) is 0 Å². The molecule has 1 aromatic carbocycles. The summed E-state index contributed by atoms with van der Waals surface area (Å²) < 4.78 is 32.4. The Morgan fingerprint density at radius 2 is 2.03 bits per heavy atom. The second kappa shape index (κ2) is 7.69. The molecule has 154 valence electrons. The topological polar surface area (TPSA) is 129 Å². The Hall–Kier alpha value is -2.56. The van der Waals surface area contributed by atoms with Crippen molar-refractivity contribution in [1.29, 1.82) is 0 Å². The molecule has 2 aliphatic heterocycles. The third-order valence-corrected chi connectivity index (χ3v) is 6.44. The maximum atomic E-state index is 12.3. The summed E-state index contributed by atoms with van der Waals surface area (Å²) in [5, 5.41) is 7.16. The Bertz CT molecular complexity index is 1070. The van der Waals surface area contributed by atoms with E-state index in [1.807, 2.05) is 18.2 Å². The first-order valence-electron chi connectivity index (χ1n) is 9.47. The standard InChI is InChI=1S/C19H22N4O5S/c24-18-5-7-23(19(25)22-18)17-10-21-9-16-14(2-1-3-15(16)17)13-4-6-20-8-12(13)11-29(26,27)28/h1-3,9-10,12-13,20H,4-8,11H2,(H,22,24,25)(H,26,27,28). The molecule has 2 aromatic rings. The van der Waals surface area contributed by atoms with Gasteiger partial charge >= 0.3 is 6.03 Å². The number of urea groups is 1. The van der Waals surface area contributed by atoms with Crippen LogP contribution in [-0.4, -0.2) is 55.3 Å². The number of anilines is 1. The number of nitrogens with one attached hydrogen (secondary N) is 2. The van der Waals surface area contributed by atoms with Gasteiger partial charge in [-0.15, -0.1) is 0 Å². The molecule has 0 saturated carbocycles. The Morgan fingerprint density at radius 3 is 2.79 bits per heavy atom. The number of pyridine rings is 1. The van der Waals surface area contributed by atoms with Gasteiger partial charge in [-0.3, -0.25) is 24.5 Å². The van der Waals surface area contributed by atoms with E-state index < -0.39 is 16.1 Å².